The van der Waals surface area contributed by atoms with E-state index in [4.69, 9.17) is 4.74 Å². The molecule has 0 aliphatic carbocycles. The Kier molecular flexibility index (Phi) is 4.77. The van der Waals surface area contributed by atoms with E-state index < -0.39 is 0 Å². The highest BCUT2D eigenvalue weighted by atomic mass is 16.5. The zero-order chi connectivity index (χ0) is 13.8. The molecule has 0 amide bonds. The Morgan fingerprint density at radius 1 is 1.47 bits per heavy atom. The molecule has 2 heterocycles. The van der Waals surface area contributed by atoms with Crippen molar-refractivity contribution in [2.45, 2.75) is 39.3 Å². The molecule has 106 valence electrons. The summed E-state index contributed by atoms with van der Waals surface area (Å²) in [6.45, 7) is 7.31. The summed E-state index contributed by atoms with van der Waals surface area (Å²) in [6, 6.07) is 0.637. The van der Waals surface area contributed by atoms with Crippen LogP contribution in [0.2, 0.25) is 0 Å². The first kappa shape index (κ1) is 14.3. The fourth-order valence-corrected chi connectivity index (χ4v) is 2.99. The van der Waals surface area contributed by atoms with Crippen LogP contribution in [0.5, 0.6) is 5.75 Å². The number of pyridine rings is 1. The zero-order valence-corrected chi connectivity index (χ0v) is 12.5. The van der Waals surface area contributed by atoms with Crippen molar-refractivity contribution in [3.63, 3.8) is 0 Å². The number of aromatic nitrogens is 1. The van der Waals surface area contributed by atoms with Gasteiger partial charge in [-0.25, -0.2) is 0 Å². The van der Waals surface area contributed by atoms with E-state index in [9.17, 15) is 0 Å². The Bertz CT molecular complexity index is 434. The van der Waals surface area contributed by atoms with Crippen molar-refractivity contribution in [2.75, 3.05) is 27.2 Å². The summed E-state index contributed by atoms with van der Waals surface area (Å²) in [5, 5.41) is 3.28. The molecule has 19 heavy (non-hydrogen) atoms. The van der Waals surface area contributed by atoms with Gasteiger partial charge in [-0.15, -0.1) is 0 Å². The number of rotatable bonds is 5. The first-order chi connectivity index (χ1) is 9.17. The van der Waals surface area contributed by atoms with Crippen molar-refractivity contribution >= 4 is 0 Å². The molecule has 1 aromatic heterocycles. The normalized spacial score (nSPS) is 19.9. The third-order valence-corrected chi connectivity index (χ3v) is 4.04. The third-order valence-electron chi connectivity index (χ3n) is 4.04. The lowest BCUT2D eigenvalue weighted by atomic mass is 10.1. The van der Waals surface area contributed by atoms with Crippen molar-refractivity contribution in [3.05, 3.63) is 23.0 Å². The average molecular weight is 263 g/mol. The van der Waals surface area contributed by atoms with E-state index in [1.807, 2.05) is 20.2 Å². The van der Waals surface area contributed by atoms with Crippen LogP contribution in [0.3, 0.4) is 0 Å². The largest absolute Gasteiger partial charge is 0.496 e. The Hall–Kier alpha value is -1.13. The lowest BCUT2D eigenvalue weighted by Crippen LogP contribution is -2.36. The maximum atomic E-state index is 5.48. The molecular weight excluding hydrogens is 238 g/mol. The van der Waals surface area contributed by atoms with Gasteiger partial charge in [0.1, 0.15) is 5.75 Å². The topological polar surface area (TPSA) is 37.4 Å². The monoisotopic (exact) mass is 263 g/mol. The minimum Gasteiger partial charge on any atom is -0.496 e. The number of likely N-dealkylation sites (tertiary alicyclic amines) is 1. The number of hydrogen-bond donors (Lipinski definition) is 1. The summed E-state index contributed by atoms with van der Waals surface area (Å²) in [6.07, 6.45) is 4.49. The Balaban J connectivity index is 2.15. The van der Waals surface area contributed by atoms with Crippen LogP contribution in [-0.2, 0) is 6.54 Å². The molecule has 1 saturated heterocycles. The highest BCUT2D eigenvalue weighted by molar-refractivity contribution is 5.41. The second kappa shape index (κ2) is 6.35. The zero-order valence-electron chi connectivity index (χ0n) is 12.5. The van der Waals surface area contributed by atoms with Gasteiger partial charge in [0.25, 0.3) is 0 Å². The lowest BCUT2D eigenvalue weighted by Gasteiger charge is -2.25. The molecule has 1 N–H and O–H groups in total. The van der Waals surface area contributed by atoms with E-state index in [-0.39, 0.29) is 0 Å². The van der Waals surface area contributed by atoms with E-state index in [0.29, 0.717) is 6.04 Å². The van der Waals surface area contributed by atoms with Crippen LogP contribution in [0.4, 0.5) is 0 Å². The standard InChI is InChI=1S/C15H25N3O/c1-11-8-17-14(12(2)15(11)19-4)10-18-7-5-6-13(18)9-16-3/h8,13,16H,5-7,9-10H2,1-4H3. The molecule has 1 aliphatic rings. The molecule has 0 aromatic carbocycles. The number of aryl methyl sites for hydroxylation is 1. The Morgan fingerprint density at radius 2 is 2.26 bits per heavy atom. The van der Waals surface area contributed by atoms with E-state index in [2.05, 4.69) is 22.1 Å². The van der Waals surface area contributed by atoms with Crippen LogP contribution in [0.15, 0.2) is 6.20 Å². The van der Waals surface area contributed by atoms with Crippen molar-refractivity contribution in [2.24, 2.45) is 0 Å². The molecule has 1 aliphatic heterocycles. The van der Waals surface area contributed by atoms with Gasteiger partial charge in [0.15, 0.2) is 0 Å². The predicted molar refractivity (Wildman–Crippen MR) is 77.6 cm³/mol. The van der Waals surface area contributed by atoms with Crippen molar-refractivity contribution in [1.82, 2.24) is 15.2 Å². The third kappa shape index (κ3) is 3.07. The van der Waals surface area contributed by atoms with Gasteiger partial charge in [0.05, 0.1) is 12.8 Å². The minimum atomic E-state index is 0.637. The number of ether oxygens (including phenoxy) is 1. The van der Waals surface area contributed by atoms with E-state index in [1.165, 1.54) is 24.9 Å². The van der Waals surface area contributed by atoms with Gasteiger partial charge >= 0.3 is 0 Å². The summed E-state index contributed by atoms with van der Waals surface area (Å²) in [4.78, 5) is 7.13. The molecule has 4 heteroatoms. The number of likely N-dealkylation sites (N-methyl/N-ethyl adjacent to an activating group) is 1. The van der Waals surface area contributed by atoms with Crippen LogP contribution in [0.25, 0.3) is 0 Å². The second-order valence-electron chi connectivity index (χ2n) is 5.37. The predicted octanol–water partition coefficient (Wildman–Crippen LogP) is 1.89. The second-order valence-corrected chi connectivity index (χ2v) is 5.37. The van der Waals surface area contributed by atoms with Gasteiger partial charge in [-0.05, 0) is 40.3 Å². The fourth-order valence-electron chi connectivity index (χ4n) is 2.99. The molecule has 0 bridgehead atoms. The Morgan fingerprint density at radius 3 is 2.95 bits per heavy atom. The highest BCUT2D eigenvalue weighted by Gasteiger charge is 2.25. The summed E-state index contributed by atoms with van der Waals surface area (Å²) >= 11 is 0. The first-order valence-corrected chi connectivity index (χ1v) is 7.05. The average Bonchev–Trinajstić information content (AvgIpc) is 2.81. The summed E-state index contributed by atoms with van der Waals surface area (Å²) in [5.74, 6) is 0.981. The maximum absolute atomic E-state index is 5.48. The highest BCUT2D eigenvalue weighted by Crippen LogP contribution is 2.26. The summed E-state index contributed by atoms with van der Waals surface area (Å²) in [5.41, 5.74) is 3.43. The van der Waals surface area contributed by atoms with Crippen molar-refractivity contribution in [1.29, 1.82) is 0 Å². The molecule has 0 spiro atoms. The van der Waals surface area contributed by atoms with Gasteiger partial charge in [-0.2, -0.15) is 0 Å². The molecule has 1 unspecified atom stereocenters. The van der Waals surface area contributed by atoms with Gasteiger partial charge in [-0.1, -0.05) is 0 Å². The molecule has 1 atom stereocenters. The van der Waals surface area contributed by atoms with E-state index in [0.717, 1.165) is 30.1 Å². The Labute approximate surface area is 116 Å². The van der Waals surface area contributed by atoms with Gasteiger partial charge in [-0.3, -0.25) is 9.88 Å². The van der Waals surface area contributed by atoms with Crippen LogP contribution in [0, 0.1) is 13.8 Å². The van der Waals surface area contributed by atoms with Crippen LogP contribution >= 0.6 is 0 Å². The maximum Gasteiger partial charge on any atom is 0.128 e. The van der Waals surface area contributed by atoms with Crippen LogP contribution in [-0.4, -0.2) is 43.2 Å². The number of methoxy groups -OCH3 is 1. The number of nitrogens with zero attached hydrogens (tertiary/aromatic N) is 2. The van der Waals surface area contributed by atoms with Crippen molar-refractivity contribution in [3.8, 4) is 5.75 Å². The van der Waals surface area contributed by atoms with Crippen molar-refractivity contribution < 1.29 is 4.74 Å². The minimum absolute atomic E-state index is 0.637. The van der Waals surface area contributed by atoms with E-state index in [1.54, 1.807) is 7.11 Å². The van der Waals surface area contributed by atoms with E-state index >= 15 is 0 Å². The van der Waals surface area contributed by atoms with Gasteiger partial charge in [0.2, 0.25) is 0 Å². The fraction of sp³-hybridized carbons (Fsp3) is 0.667. The molecule has 1 fully saturated rings. The SMILES string of the molecule is CNCC1CCCN1Cc1ncc(C)c(OC)c1C. The smallest absolute Gasteiger partial charge is 0.128 e. The molecule has 0 saturated carbocycles. The van der Waals surface area contributed by atoms with Crippen LogP contribution in [0.1, 0.15) is 29.7 Å². The molecule has 4 nitrogen and oxygen atoms in total. The summed E-state index contributed by atoms with van der Waals surface area (Å²) in [7, 11) is 3.76. The first-order valence-electron chi connectivity index (χ1n) is 7.05. The summed E-state index contributed by atoms with van der Waals surface area (Å²) < 4.78 is 5.48. The molecule has 0 radical (unpaired) electrons. The van der Waals surface area contributed by atoms with Gasteiger partial charge < -0.3 is 10.1 Å². The quantitative estimate of drug-likeness (QED) is 0.880. The number of nitrogens with one attached hydrogen (secondary N) is 1. The molecule has 2 rings (SSSR count). The lowest BCUT2D eigenvalue weighted by molar-refractivity contribution is 0.238. The van der Waals surface area contributed by atoms with Gasteiger partial charge in [0, 0.05) is 36.5 Å². The molecular formula is C15H25N3O. The van der Waals surface area contributed by atoms with Crippen LogP contribution < -0.4 is 10.1 Å². The number of hydrogen-bond acceptors (Lipinski definition) is 4. The molecule has 1 aromatic rings.